The third-order valence-electron chi connectivity index (χ3n) is 5.16. The fourth-order valence-corrected chi connectivity index (χ4v) is 3.89. The summed E-state index contributed by atoms with van der Waals surface area (Å²) >= 11 is 0. The van der Waals surface area contributed by atoms with Crippen LogP contribution in [0.1, 0.15) is 56.9 Å². The molecule has 98 valence electrons. The van der Waals surface area contributed by atoms with Crippen LogP contribution in [-0.4, -0.2) is 5.11 Å². The smallest absolute Gasteiger partial charge is 0.123 e. The van der Waals surface area contributed by atoms with E-state index in [1.807, 2.05) is 6.07 Å². The summed E-state index contributed by atoms with van der Waals surface area (Å²) in [7, 11) is 0. The van der Waals surface area contributed by atoms with Crippen LogP contribution in [0.2, 0.25) is 0 Å². The molecule has 0 saturated heterocycles. The van der Waals surface area contributed by atoms with Gasteiger partial charge in [0.25, 0.3) is 0 Å². The molecular weight excluding hydrogens is 227 g/mol. The molecule has 1 spiro atoms. The molecule has 3 rings (SSSR count). The number of halogens is 1. The predicted octanol–water partition coefficient (Wildman–Crippen LogP) is 4.15. The van der Waals surface area contributed by atoms with Crippen LogP contribution in [-0.2, 0) is 5.60 Å². The van der Waals surface area contributed by atoms with Gasteiger partial charge in [-0.05, 0) is 61.6 Å². The van der Waals surface area contributed by atoms with Crippen molar-refractivity contribution in [2.45, 2.75) is 57.0 Å². The maximum atomic E-state index is 13.3. The maximum absolute atomic E-state index is 13.3. The van der Waals surface area contributed by atoms with Crippen LogP contribution < -0.4 is 0 Å². The van der Waals surface area contributed by atoms with Gasteiger partial charge in [0.1, 0.15) is 5.82 Å². The van der Waals surface area contributed by atoms with Gasteiger partial charge in [-0.15, -0.1) is 0 Å². The van der Waals surface area contributed by atoms with Crippen molar-refractivity contribution in [2.75, 3.05) is 0 Å². The fourth-order valence-electron chi connectivity index (χ4n) is 3.89. The average Bonchev–Trinajstić information content (AvgIpc) is 2.83. The van der Waals surface area contributed by atoms with Crippen molar-refractivity contribution in [1.82, 2.24) is 0 Å². The summed E-state index contributed by atoms with van der Waals surface area (Å²) in [6, 6.07) is 6.49. The highest BCUT2D eigenvalue weighted by atomic mass is 19.1. The fraction of sp³-hybridized carbons (Fsp3) is 0.625. The third kappa shape index (κ3) is 2.07. The van der Waals surface area contributed by atoms with Gasteiger partial charge in [-0.1, -0.05) is 25.0 Å². The van der Waals surface area contributed by atoms with Gasteiger partial charge in [-0.25, -0.2) is 4.39 Å². The number of benzene rings is 1. The zero-order chi connectivity index (χ0) is 12.6. The molecule has 2 aliphatic carbocycles. The van der Waals surface area contributed by atoms with Crippen molar-refractivity contribution in [3.8, 4) is 0 Å². The molecule has 1 aromatic rings. The van der Waals surface area contributed by atoms with Crippen LogP contribution in [0.15, 0.2) is 24.3 Å². The van der Waals surface area contributed by atoms with Crippen LogP contribution >= 0.6 is 0 Å². The molecule has 1 N–H and O–H groups in total. The van der Waals surface area contributed by atoms with Crippen molar-refractivity contribution < 1.29 is 9.50 Å². The van der Waals surface area contributed by atoms with E-state index in [1.165, 1.54) is 37.8 Å². The molecular formula is C16H21FO. The zero-order valence-corrected chi connectivity index (χ0v) is 10.8. The lowest BCUT2D eigenvalue weighted by Crippen LogP contribution is -2.36. The van der Waals surface area contributed by atoms with E-state index in [0.29, 0.717) is 5.41 Å². The summed E-state index contributed by atoms with van der Waals surface area (Å²) < 4.78 is 13.3. The zero-order valence-electron chi connectivity index (χ0n) is 10.8. The van der Waals surface area contributed by atoms with Crippen molar-refractivity contribution >= 4 is 0 Å². The Morgan fingerprint density at radius 3 is 2.22 bits per heavy atom. The molecule has 2 fully saturated rings. The first-order valence-corrected chi connectivity index (χ1v) is 7.11. The number of hydrogen-bond acceptors (Lipinski definition) is 1. The molecule has 1 aromatic carbocycles. The Balaban J connectivity index is 1.78. The highest BCUT2D eigenvalue weighted by Crippen LogP contribution is 2.53. The summed E-state index contributed by atoms with van der Waals surface area (Å²) in [4.78, 5) is 0. The molecule has 18 heavy (non-hydrogen) atoms. The molecule has 0 heterocycles. The molecule has 0 unspecified atom stereocenters. The molecule has 0 atom stereocenters. The molecule has 0 amide bonds. The van der Waals surface area contributed by atoms with E-state index in [4.69, 9.17) is 0 Å². The Labute approximate surface area is 108 Å². The molecule has 2 aliphatic rings. The first-order valence-electron chi connectivity index (χ1n) is 7.11. The summed E-state index contributed by atoms with van der Waals surface area (Å²) in [5.74, 6) is -0.248. The van der Waals surface area contributed by atoms with Crippen molar-refractivity contribution in [1.29, 1.82) is 0 Å². The van der Waals surface area contributed by atoms with Crippen LogP contribution in [0.25, 0.3) is 0 Å². The first kappa shape index (κ1) is 12.2. The number of aliphatic hydroxyl groups is 1. The Hall–Kier alpha value is -0.890. The highest BCUT2D eigenvalue weighted by molar-refractivity contribution is 5.24. The van der Waals surface area contributed by atoms with Gasteiger partial charge in [-0.3, -0.25) is 0 Å². The van der Waals surface area contributed by atoms with Gasteiger partial charge in [-0.2, -0.15) is 0 Å². The average molecular weight is 248 g/mol. The van der Waals surface area contributed by atoms with Crippen molar-refractivity contribution in [3.05, 3.63) is 35.6 Å². The highest BCUT2D eigenvalue weighted by Gasteiger charge is 2.43. The second-order valence-electron chi connectivity index (χ2n) is 6.25. The van der Waals surface area contributed by atoms with E-state index in [0.717, 1.165) is 31.2 Å². The molecule has 0 aliphatic heterocycles. The van der Waals surface area contributed by atoms with E-state index < -0.39 is 5.60 Å². The Morgan fingerprint density at radius 2 is 1.61 bits per heavy atom. The minimum Gasteiger partial charge on any atom is -0.385 e. The first-order chi connectivity index (χ1) is 8.62. The van der Waals surface area contributed by atoms with Crippen LogP contribution in [0.3, 0.4) is 0 Å². The largest absolute Gasteiger partial charge is 0.385 e. The third-order valence-corrected chi connectivity index (χ3v) is 5.16. The molecule has 0 bridgehead atoms. The van der Waals surface area contributed by atoms with Crippen molar-refractivity contribution in [3.63, 3.8) is 0 Å². The lowest BCUT2D eigenvalue weighted by molar-refractivity contribution is -0.0378. The monoisotopic (exact) mass is 248 g/mol. The van der Waals surface area contributed by atoms with Crippen LogP contribution in [0, 0.1) is 11.2 Å². The maximum Gasteiger partial charge on any atom is 0.123 e. The van der Waals surface area contributed by atoms with Gasteiger partial charge in [0.15, 0.2) is 0 Å². The Kier molecular flexibility index (Phi) is 2.93. The predicted molar refractivity (Wildman–Crippen MR) is 69.7 cm³/mol. The van der Waals surface area contributed by atoms with E-state index in [2.05, 4.69) is 0 Å². The minimum atomic E-state index is -0.796. The van der Waals surface area contributed by atoms with Gasteiger partial charge in [0.05, 0.1) is 5.60 Å². The second-order valence-corrected chi connectivity index (χ2v) is 6.25. The van der Waals surface area contributed by atoms with E-state index in [9.17, 15) is 9.50 Å². The summed E-state index contributed by atoms with van der Waals surface area (Å²) in [6.07, 6.45) is 9.11. The molecule has 2 heteroatoms. The normalized spacial score (nSPS) is 25.4. The number of hydrogen-bond donors (Lipinski definition) is 1. The van der Waals surface area contributed by atoms with Crippen LogP contribution in [0.5, 0.6) is 0 Å². The van der Waals surface area contributed by atoms with Crippen LogP contribution in [0.4, 0.5) is 4.39 Å². The summed E-state index contributed by atoms with van der Waals surface area (Å²) in [5, 5.41) is 10.7. The quantitative estimate of drug-likeness (QED) is 0.791. The Bertz CT molecular complexity index is 424. The van der Waals surface area contributed by atoms with Gasteiger partial charge >= 0.3 is 0 Å². The molecule has 1 nitrogen and oxygen atoms in total. The molecule has 0 aromatic heterocycles. The Morgan fingerprint density at radius 1 is 0.944 bits per heavy atom. The summed E-state index contributed by atoms with van der Waals surface area (Å²) in [6.45, 7) is 0. The lowest BCUT2D eigenvalue weighted by atomic mass is 9.66. The SMILES string of the molecule is OC1(c2cccc(F)c2)CCC2(CCCC2)CC1. The molecule has 2 saturated carbocycles. The van der Waals surface area contributed by atoms with Gasteiger partial charge < -0.3 is 5.11 Å². The van der Waals surface area contributed by atoms with E-state index >= 15 is 0 Å². The van der Waals surface area contributed by atoms with E-state index in [-0.39, 0.29) is 5.82 Å². The van der Waals surface area contributed by atoms with Crippen molar-refractivity contribution in [2.24, 2.45) is 5.41 Å². The summed E-state index contributed by atoms with van der Waals surface area (Å²) in [5.41, 5.74) is 0.463. The van der Waals surface area contributed by atoms with E-state index in [1.54, 1.807) is 6.07 Å². The minimum absolute atomic E-state index is 0.248. The standard InChI is InChI=1S/C16H21FO/c17-14-5-3-4-13(12-14)16(18)10-8-15(9-11-16)6-1-2-7-15/h3-5,12,18H,1-2,6-11H2. The second kappa shape index (κ2) is 4.34. The number of rotatable bonds is 1. The topological polar surface area (TPSA) is 20.2 Å². The lowest BCUT2D eigenvalue weighted by Gasteiger charge is -2.42. The van der Waals surface area contributed by atoms with Gasteiger partial charge in [0, 0.05) is 0 Å². The molecule has 0 radical (unpaired) electrons. The van der Waals surface area contributed by atoms with Gasteiger partial charge in [0.2, 0.25) is 0 Å².